The van der Waals surface area contributed by atoms with Crippen LogP contribution >= 0.6 is 0 Å². The minimum absolute atomic E-state index is 0.0802. The fourth-order valence-corrected chi connectivity index (χ4v) is 8.04. The van der Waals surface area contributed by atoms with Crippen molar-refractivity contribution in [3.8, 4) is 16.9 Å². The lowest BCUT2D eigenvalue weighted by molar-refractivity contribution is -0.215. The van der Waals surface area contributed by atoms with E-state index in [9.17, 15) is 44.7 Å². The third-order valence-corrected chi connectivity index (χ3v) is 10.4. The molecule has 0 bridgehead atoms. The number of aliphatic hydroxyl groups is 4. The van der Waals surface area contributed by atoms with Gasteiger partial charge in [-0.3, -0.25) is 19.2 Å². The van der Waals surface area contributed by atoms with E-state index in [-0.39, 0.29) is 17.1 Å². The number of hydrogen-bond acceptors (Lipinski definition) is 9. The Kier molecular flexibility index (Phi) is 6.68. The van der Waals surface area contributed by atoms with Crippen LogP contribution in [0.3, 0.4) is 0 Å². The maximum absolute atomic E-state index is 14.5. The normalized spacial score (nSPS) is 32.0. The van der Waals surface area contributed by atoms with Crippen molar-refractivity contribution in [2.45, 2.75) is 66.1 Å². The zero-order valence-corrected chi connectivity index (χ0v) is 25.1. The molecule has 0 saturated heterocycles. The van der Waals surface area contributed by atoms with Gasteiger partial charge >= 0.3 is 0 Å². The SMILES string of the molecule is CC(=O)C1=C(O)[C@]2(O)C(=O)C3=C(O)c4c(ccc(-c5ccc(C(C)=O)cc5)c4O)[C@@H](C)[C@]3(C)[C@@H](O)[C@]2(C)C(C(C)C)C1=O. The standard InChI is InChI=1S/C34H36O9/c1-14(2)24-27(38)22(17(5)36)29(40)34(43)30(41)25-28(39)23-20(15(3)32(25,6)31(42)33(24,34)7)12-13-21(26(23)37)19-10-8-18(9-11-19)16(4)35/h8-15,24,31,37,39-40,42-43H,1-7H3/t15-,24?,31-,32+,33+,34+/m1/s1. The van der Waals surface area contributed by atoms with Gasteiger partial charge in [0.25, 0.3) is 0 Å². The van der Waals surface area contributed by atoms with Crippen molar-refractivity contribution < 1.29 is 44.7 Å². The van der Waals surface area contributed by atoms with Gasteiger partial charge in [0, 0.05) is 27.9 Å². The molecule has 9 heteroatoms. The lowest BCUT2D eigenvalue weighted by Gasteiger charge is -2.63. The molecule has 6 atom stereocenters. The van der Waals surface area contributed by atoms with Crippen LogP contribution in [0, 0.1) is 22.7 Å². The monoisotopic (exact) mass is 588 g/mol. The first-order valence-corrected chi connectivity index (χ1v) is 14.2. The van der Waals surface area contributed by atoms with E-state index in [0.717, 1.165) is 6.92 Å². The number of benzene rings is 2. The van der Waals surface area contributed by atoms with E-state index >= 15 is 0 Å². The number of carbonyl (C=O) groups is 4. The number of fused-ring (bicyclic) bond motifs is 3. The maximum atomic E-state index is 14.5. The summed E-state index contributed by atoms with van der Waals surface area (Å²) in [4.78, 5) is 52.5. The molecular weight excluding hydrogens is 552 g/mol. The van der Waals surface area contributed by atoms with E-state index in [2.05, 4.69) is 0 Å². The molecule has 0 spiro atoms. The number of aliphatic hydroxyl groups excluding tert-OH is 3. The summed E-state index contributed by atoms with van der Waals surface area (Å²) in [5, 5.41) is 59.1. The van der Waals surface area contributed by atoms with Crippen molar-refractivity contribution in [2.24, 2.45) is 22.7 Å². The lowest BCUT2D eigenvalue weighted by Crippen LogP contribution is -2.75. The summed E-state index contributed by atoms with van der Waals surface area (Å²) in [5.74, 6) is -7.68. The van der Waals surface area contributed by atoms with Crippen LogP contribution < -0.4 is 0 Å². The first-order chi connectivity index (χ1) is 19.9. The average molecular weight is 589 g/mol. The Morgan fingerprint density at radius 1 is 0.907 bits per heavy atom. The second kappa shape index (κ2) is 9.46. The number of hydrogen-bond donors (Lipinski definition) is 5. The highest BCUT2D eigenvalue weighted by Crippen LogP contribution is 2.67. The molecule has 226 valence electrons. The van der Waals surface area contributed by atoms with Gasteiger partial charge in [-0.2, -0.15) is 0 Å². The summed E-state index contributed by atoms with van der Waals surface area (Å²) < 4.78 is 0. The van der Waals surface area contributed by atoms with Gasteiger partial charge in [0.15, 0.2) is 23.0 Å². The van der Waals surface area contributed by atoms with Crippen molar-refractivity contribution >= 4 is 28.9 Å². The number of rotatable bonds is 4. The van der Waals surface area contributed by atoms with Crippen LogP contribution in [0.4, 0.5) is 0 Å². The van der Waals surface area contributed by atoms with Crippen LogP contribution in [0.1, 0.15) is 75.9 Å². The van der Waals surface area contributed by atoms with Gasteiger partial charge in [-0.15, -0.1) is 0 Å². The van der Waals surface area contributed by atoms with Gasteiger partial charge in [-0.25, -0.2) is 0 Å². The van der Waals surface area contributed by atoms with Crippen LogP contribution in [-0.4, -0.2) is 60.4 Å². The quantitative estimate of drug-likeness (QED) is 0.253. The van der Waals surface area contributed by atoms with Crippen molar-refractivity contribution in [2.75, 3.05) is 0 Å². The summed E-state index contributed by atoms with van der Waals surface area (Å²) in [6, 6.07) is 9.79. The predicted molar refractivity (Wildman–Crippen MR) is 157 cm³/mol. The first kappa shape index (κ1) is 30.4. The zero-order chi connectivity index (χ0) is 32.1. The predicted octanol–water partition coefficient (Wildman–Crippen LogP) is 4.59. The molecule has 5 rings (SSSR count). The number of allylic oxidation sites excluding steroid dienone is 1. The Morgan fingerprint density at radius 2 is 1.49 bits per heavy atom. The van der Waals surface area contributed by atoms with Gasteiger partial charge in [-0.1, -0.05) is 71.0 Å². The van der Waals surface area contributed by atoms with Crippen molar-refractivity contribution in [3.63, 3.8) is 0 Å². The summed E-state index contributed by atoms with van der Waals surface area (Å²) in [6.07, 6.45) is -1.68. The van der Waals surface area contributed by atoms with Gasteiger partial charge < -0.3 is 25.5 Å². The van der Waals surface area contributed by atoms with Crippen LogP contribution in [0.25, 0.3) is 16.9 Å². The highest BCUT2D eigenvalue weighted by molar-refractivity contribution is 6.24. The Balaban J connectivity index is 1.83. The van der Waals surface area contributed by atoms with Crippen LogP contribution in [0.2, 0.25) is 0 Å². The number of ketones is 4. The Labute approximate surface area is 249 Å². The molecule has 0 aliphatic heterocycles. The van der Waals surface area contributed by atoms with Gasteiger partial charge in [-0.05, 0) is 36.8 Å². The molecule has 9 nitrogen and oxygen atoms in total. The lowest BCUT2D eigenvalue weighted by atomic mass is 9.40. The molecule has 1 fully saturated rings. The Bertz CT molecular complexity index is 1690. The summed E-state index contributed by atoms with van der Waals surface area (Å²) >= 11 is 0. The van der Waals surface area contributed by atoms with Crippen LogP contribution in [0.15, 0.2) is 53.3 Å². The molecule has 0 amide bonds. The van der Waals surface area contributed by atoms with Crippen molar-refractivity contribution in [3.05, 3.63) is 70.0 Å². The number of phenolic OH excluding ortho intramolecular Hbond substituents is 1. The van der Waals surface area contributed by atoms with Crippen LogP contribution in [0.5, 0.6) is 5.75 Å². The fourth-order valence-electron chi connectivity index (χ4n) is 8.04. The topological polar surface area (TPSA) is 169 Å². The zero-order valence-electron chi connectivity index (χ0n) is 25.1. The van der Waals surface area contributed by atoms with E-state index in [4.69, 9.17) is 0 Å². The molecule has 3 aliphatic rings. The first-order valence-electron chi connectivity index (χ1n) is 14.2. The number of phenols is 1. The molecule has 0 radical (unpaired) electrons. The summed E-state index contributed by atoms with van der Waals surface area (Å²) in [6.45, 7) is 10.4. The molecule has 1 saturated carbocycles. The highest BCUT2D eigenvalue weighted by Gasteiger charge is 2.77. The Morgan fingerprint density at radius 3 is 2.00 bits per heavy atom. The minimum Gasteiger partial charge on any atom is -0.508 e. The highest BCUT2D eigenvalue weighted by atomic mass is 16.4. The van der Waals surface area contributed by atoms with Crippen molar-refractivity contribution in [1.29, 1.82) is 0 Å². The molecule has 2 aromatic rings. The second-order valence-corrected chi connectivity index (χ2v) is 12.9. The molecule has 0 aromatic heterocycles. The molecule has 1 unspecified atom stereocenters. The van der Waals surface area contributed by atoms with E-state index in [1.807, 2.05) is 0 Å². The fraction of sp³-hybridized carbons (Fsp3) is 0.412. The van der Waals surface area contributed by atoms with E-state index < -0.39 is 80.3 Å². The molecule has 0 heterocycles. The molecule has 5 N–H and O–H groups in total. The number of Topliss-reactive ketones (excluding diaryl/α,β-unsaturated/α-hetero) is 4. The third kappa shape index (κ3) is 3.52. The van der Waals surface area contributed by atoms with E-state index in [1.165, 1.54) is 13.8 Å². The minimum atomic E-state index is -2.94. The number of aromatic hydroxyl groups is 1. The van der Waals surface area contributed by atoms with E-state index in [1.54, 1.807) is 64.1 Å². The van der Waals surface area contributed by atoms with Gasteiger partial charge in [0.2, 0.25) is 5.78 Å². The van der Waals surface area contributed by atoms with Crippen molar-refractivity contribution in [1.82, 2.24) is 0 Å². The van der Waals surface area contributed by atoms with Crippen LogP contribution in [-0.2, 0) is 14.4 Å². The number of carbonyl (C=O) groups excluding carboxylic acids is 4. The summed E-state index contributed by atoms with van der Waals surface area (Å²) in [5.41, 5.74) is -6.03. The van der Waals surface area contributed by atoms with Gasteiger partial charge in [0.05, 0.1) is 17.2 Å². The smallest absolute Gasteiger partial charge is 0.203 e. The second-order valence-electron chi connectivity index (χ2n) is 12.9. The Hall–Kier alpha value is -4.08. The molecule has 2 aromatic carbocycles. The molecule has 3 aliphatic carbocycles. The maximum Gasteiger partial charge on any atom is 0.203 e. The third-order valence-electron chi connectivity index (χ3n) is 10.4. The summed E-state index contributed by atoms with van der Waals surface area (Å²) in [7, 11) is 0. The average Bonchev–Trinajstić information content (AvgIpc) is 2.93. The molecular formula is C34H36O9. The molecule has 43 heavy (non-hydrogen) atoms. The van der Waals surface area contributed by atoms with Gasteiger partial charge in [0.1, 0.15) is 22.8 Å². The largest absolute Gasteiger partial charge is 0.508 e. The van der Waals surface area contributed by atoms with E-state index in [0.29, 0.717) is 22.3 Å².